The Hall–Kier alpha value is -0.260. The molecule has 1 aliphatic rings. The van der Waals surface area contributed by atoms with E-state index in [4.69, 9.17) is 15.4 Å². The Labute approximate surface area is 94.6 Å². The van der Waals surface area contributed by atoms with Gasteiger partial charge in [0.25, 0.3) is 9.05 Å². The molecular weight excluding hydrogens is 292 g/mol. The number of rotatable bonds is 1. The molecule has 0 bridgehead atoms. The van der Waals surface area contributed by atoms with Gasteiger partial charge in [-0.1, -0.05) is 0 Å². The highest BCUT2D eigenvalue weighted by Crippen LogP contribution is 2.37. The lowest BCUT2D eigenvalue weighted by atomic mass is 10.2. The van der Waals surface area contributed by atoms with Crippen molar-refractivity contribution in [2.45, 2.75) is 11.3 Å². The van der Waals surface area contributed by atoms with Gasteiger partial charge in [0.05, 0.1) is 11.5 Å². The van der Waals surface area contributed by atoms with Crippen molar-refractivity contribution in [1.82, 2.24) is 0 Å². The molecule has 0 amide bonds. The number of halogens is 2. The lowest BCUT2D eigenvalue weighted by Crippen LogP contribution is -1.94. The Morgan fingerprint density at radius 2 is 2.14 bits per heavy atom. The van der Waals surface area contributed by atoms with Crippen molar-refractivity contribution in [3.05, 3.63) is 22.2 Å². The standard InChI is InChI=1S/C8H6BrClO3S/c9-8-5-3-4-13-6(5)1-2-7(8)14(10,11)12/h1-2H,3-4H2. The second kappa shape index (κ2) is 3.40. The van der Waals surface area contributed by atoms with E-state index in [0.29, 0.717) is 17.5 Å². The minimum absolute atomic E-state index is 0.100. The van der Waals surface area contributed by atoms with E-state index < -0.39 is 9.05 Å². The van der Waals surface area contributed by atoms with E-state index in [1.165, 1.54) is 6.07 Å². The van der Waals surface area contributed by atoms with Crippen molar-refractivity contribution in [2.75, 3.05) is 6.61 Å². The quantitative estimate of drug-likeness (QED) is 0.747. The van der Waals surface area contributed by atoms with E-state index >= 15 is 0 Å². The van der Waals surface area contributed by atoms with Gasteiger partial charge in [0.15, 0.2) is 0 Å². The number of fused-ring (bicyclic) bond motifs is 1. The molecule has 0 saturated carbocycles. The first-order chi connectivity index (χ1) is 6.50. The van der Waals surface area contributed by atoms with Crippen molar-refractivity contribution < 1.29 is 13.2 Å². The number of hydrogen-bond acceptors (Lipinski definition) is 3. The van der Waals surface area contributed by atoms with Gasteiger partial charge in [0.1, 0.15) is 5.75 Å². The molecular formula is C8H6BrClO3S. The summed E-state index contributed by atoms with van der Waals surface area (Å²) in [5.74, 6) is 0.723. The van der Waals surface area contributed by atoms with E-state index in [-0.39, 0.29) is 4.90 Å². The van der Waals surface area contributed by atoms with E-state index in [0.717, 1.165) is 11.3 Å². The molecule has 3 nitrogen and oxygen atoms in total. The first-order valence-electron chi connectivity index (χ1n) is 3.89. The molecule has 14 heavy (non-hydrogen) atoms. The average Bonchev–Trinajstić information content (AvgIpc) is 2.50. The van der Waals surface area contributed by atoms with Crippen LogP contribution in [0.25, 0.3) is 0 Å². The molecule has 1 heterocycles. The SMILES string of the molecule is O=S(=O)(Cl)c1ccc2c(c1Br)CCO2. The van der Waals surface area contributed by atoms with E-state index in [1.54, 1.807) is 6.07 Å². The summed E-state index contributed by atoms with van der Waals surface area (Å²) in [5, 5.41) is 0. The fourth-order valence-electron chi connectivity index (χ4n) is 1.40. The van der Waals surface area contributed by atoms with Gasteiger partial charge < -0.3 is 4.74 Å². The molecule has 1 aromatic carbocycles. The van der Waals surface area contributed by atoms with Crippen LogP contribution in [0.3, 0.4) is 0 Å². The Balaban J connectivity index is 2.68. The smallest absolute Gasteiger partial charge is 0.262 e. The second-order valence-corrected chi connectivity index (χ2v) is 6.22. The van der Waals surface area contributed by atoms with Crippen LogP contribution in [0.1, 0.15) is 5.56 Å². The zero-order chi connectivity index (χ0) is 10.3. The maximum atomic E-state index is 11.1. The van der Waals surface area contributed by atoms with E-state index in [1.807, 2.05) is 0 Å². The average molecular weight is 298 g/mol. The van der Waals surface area contributed by atoms with Gasteiger partial charge in [0.2, 0.25) is 0 Å². The minimum Gasteiger partial charge on any atom is -0.493 e. The van der Waals surface area contributed by atoms with Crippen molar-refractivity contribution in [2.24, 2.45) is 0 Å². The van der Waals surface area contributed by atoms with Gasteiger partial charge in [-0.3, -0.25) is 0 Å². The van der Waals surface area contributed by atoms with E-state index in [2.05, 4.69) is 15.9 Å². The van der Waals surface area contributed by atoms with Crippen LogP contribution in [-0.4, -0.2) is 15.0 Å². The lowest BCUT2D eigenvalue weighted by molar-refractivity contribution is 0.356. The summed E-state index contributed by atoms with van der Waals surface area (Å²) in [6.07, 6.45) is 0.705. The fraction of sp³-hybridized carbons (Fsp3) is 0.250. The Kier molecular flexibility index (Phi) is 2.49. The van der Waals surface area contributed by atoms with Crippen LogP contribution < -0.4 is 4.74 Å². The summed E-state index contributed by atoms with van der Waals surface area (Å²) < 4.78 is 28.1. The van der Waals surface area contributed by atoms with Crippen LogP contribution in [0.5, 0.6) is 5.75 Å². The molecule has 0 fully saturated rings. The number of ether oxygens (including phenoxy) is 1. The van der Waals surface area contributed by atoms with Gasteiger partial charge in [-0.15, -0.1) is 0 Å². The normalized spacial score (nSPS) is 15.0. The molecule has 0 unspecified atom stereocenters. The molecule has 0 N–H and O–H groups in total. The van der Waals surface area contributed by atoms with Crippen LogP contribution in [0.4, 0.5) is 0 Å². The number of hydrogen-bond donors (Lipinski definition) is 0. The molecule has 0 aliphatic carbocycles. The highest BCUT2D eigenvalue weighted by atomic mass is 79.9. The van der Waals surface area contributed by atoms with Crippen LogP contribution in [0.2, 0.25) is 0 Å². The van der Waals surface area contributed by atoms with Crippen LogP contribution in [-0.2, 0) is 15.5 Å². The summed E-state index contributed by atoms with van der Waals surface area (Å²) in [5.41, 5.74) is 0.867. The molecule has 0 atom stereocenters. The monoisotopic (exact) mass is 296 g/mol. The summed E-state index contributed by atoms with van der Waals surface area (Å²) in [6, 6.07) is 3.07. The predicted molar refractivity (Wildman–Crippen MR) is 56.4 cm³/mol. The molecule has 1 aliphatic heterocycles. The highest BCUT2D eigenvalue weighted by molar-refractivity contribution is 9.10. The number of benzene rings is 1. The van der Waals surface area contributed by atoms with Crippen LogP contribution in [0.15, 0.2) is 21.5 Å². The topological polar surface area (TPSA) is 43.4 Å². The first-order valence-corrected chi connectivity index (χ1v) is 6.99. The first kappa shape index (κ1) is 10.3. The highest BCUT2D eigenvalue weighted by Gasteiger charge is 2.22. The van der Waals surface area contributed by atoms with Gasteiger partial charge in [-0.05, 0) is 28.1 Å². The zero-order valence-corrected chi connectivity index (χ0v) is 10.1. The Morgan fingerprint density at radius 1 is 1.43 bits per heavy atom. The summed E-state index contributed by atoms with van der Waals surface area (Å²) in [6.45, 7) is 0.583. The maximum Gasteiger partial charge on any atom is 0.262 e. The van der Waals surface area contributed by atoms with Crippen molar-refractivity contribution >= 4 is 35.7 Å². The van der Waals surface area contributed by atoms with Crippen molar-refractivity contribution in [3.63, 3.8) is 0 Å². The van der Waals surface area contributed by atoms with Crippen LogP contribution >= 0.6 is 26.6 Å². The third-order valence-corrected chi connectivity index (χ3v) is 4.57. The molecule has 1 aromatic rings. The van der Waals surface area contributed by atoms with Gasteiger partial charge in [-0.25, -0.2) is 8.42 Å². The molecule has 0 radical (unpaired) electrons. The zero-order valence-electron chi connectivity index (χ0n) is 6.96. The molecule has 0 saturated heterocycles. The molecule has 2 rings (SSSR count). The van der Waals surface area contributed by atoms with Crippen molar-refractivity contribution in [1.29, 1.82) is 0 Å². The van der Waals surface area contributed by atoms with E-state index in [9.17, 15) is 8.42 Å². The van der Waals surface area contributed by atoms with Gasteiger partial charge in [0, 0.05) is 27.1 Å². The molecule has 0 aromatic heterocycles. The third kappa shape index (κ3) is 1.64. The largest absolute Gasteiger partial charge is 0.493 e. The molecule has 0 spiro atoms. The van der Waals surface area contributed by atoms with Gasteiger partial charge >= 0.3 is 0 Å². The summed E-state index contributed by atoms with van der Waals surface area (Å²) in [7, 11) is 1.58. The fourth-order valence-corrected chi connectivity index (χ4v) is 3.80. The summed E-state index contributed by atoms with van der Waals surface area (Å²) >= 11 is 3.22. The Bertz CT molecular complexity index is 484. The predicted octanol–water partition coefficient (Wildman–Crippen LogP) is 2.31. The Morgan fingerprint density at radius 3 is 2.79 bits per heavy atom. The lowest BCUT2D eigenvalue weighted by Gasteiger charge is -2.04. The van der Waals surface area contributed by atoms with Crippen molar-refractivity contribution in [3.8, 4) is 5.75 Å². The molecule has 76 valence electrons. The maximum absolute atomic E-state index is 11.1. The minimum atomic E-state index is -3.69. The van der Waals surface area contributed by atoms with Crippen LogP contribution in [0, 0.1) is 0 Å². The molecule has 6 heteroatoms. The van der Waals surface area contributed by atoms with Gasteiger partial charge in [-0.2, -0.15) is 0 Å². The second-order valence-electron chi connectivity index (χ2n) is 2.89. The summed E-state index contributed by atoms with van der Waals surface area (Å²) in [4.78, 5) is 0.100. The third-order valence-electron chi connectivity index (χ3n) is 2.04.